The molecule has 1 unspecified atom stereocenters. The number of hydrogen-bond donors (Lipinski definition) is 1. The summed E-state index contributed by atoms with van der Waals surface area (Å²) in [7, 11) is 0. The number of nitrogens with zero attached hydrogens (tertiary/aromatic N) is 2. The Morgan fingerprint density at radius 3 is 2.86 bits per heavy atom. The van der Waals surface area contributed by atoms with Gasteiger partial charge in [-0.3, -0.25) is 14.6 Å². The molecular formula is C23H27N3O2. The number of amides is 2. The van der Waals surface area contributed by atoms with E-state index in [1.165, 1.54) is 11.1 Å². The van der Waals surface area contributed by atoms with Crippen molar-refractivity contribution in [1.82, 2.24) is 15.2 Å². The molecule has 1 N–H and O–H groups in total. The van der Waals surface area contributed by atoms with E-state index in [1.54, 1.807) is 6.20 Å². The molecule has 1 aromatic heterocycles. The second-order valence-electron chi connectivity index (χ2n) is 8.02. The Bertz CT molecular complexity index is 862. The van der Waals surface area contributed by atoms with Gasteiger partial charge in [0.15, 0.2) is 0 Å². The zero-order chi connectivity index (χ0) is 19.5. The molecule has 1 aliphatic heterocycles. The lowest BCUT2D eigenvalue weighted by molar-refractivity contribution is -0.130. The van der Waals surface area contributed by atoms with Crippen LogP contribution in [0.3, 0.4) is 0 Å². The Hall–Kier alpha value is -2.69. The van der Waals surface area contributed by atoms with Crippen molar-refractivity contribution in [2.75, 3.05) is 13.1 Å². The number of hydrogen-bond acceptors (Lipinski definition) is 3. The van der Waals surface area contributed by atoms with Crippen molar-refractivity contribution >= 4 is 11.8 Å². The van der Waals surface area contributed by atoms with Crippen molar-refractivity contribution in [2.24, 2.45) is 0 Å². The SMILES string of the molecule is Cc1ccc(CC(=O)N2CC[C@@H](NC(=O)CC3CCc4ccccc43)C2)cn1. The van der Waals surface area contributed by atoms with Gasteiger partial charge in [-0.15, -0.1) is 0 Å². The fraction of sp³-hybridized carbons (Fsp3) is 0.435. The van der Waals surface area contributed by atoms with Crippen LogP contribution in [0.15, 0.2) is 42.6 Å². The van der Waals surface area contributed by atoms with Gasteiger partial charge in [-0.2, -0.15) is 0 Å². The molecule has 0 saturated carbocycles. The van der Waals surface area contributed by atoms with E-state index in [4.69, 9.17) is 0 Å². The molecule has 4 rings (SSSR count). The van der Waals surface area contributed by atoms with E-state index in [2.05, 4.69) is 34.6 Å². The van der Waals surface area contributed by atoms with E-state index < -0.39 is 0 Å². The topological polar surface area (TPSA) is 62.3 Å². The summed E-state index contributed by atoms with van der Waals surface area (Å²) in [4.78, 5) is 31.2. The third-order valence-electron chi connectivity index (χ3n) is 5.92. The zero-order valence-electron chi connectivity index (χ0n) is 16.4. The van der Waals surface area contributed by atoms with Crippen LogP contribution >= 0.6 is 0 Å². The lowest BCUT2D eigenvalue weighted by Gasteiger charge is -2.18. The first-order valence-corrected chi connectivity index (χ1v) is 10.1. The fourth-order valence-electron chi connectivity index (χ4n) is 4.36. The highest BCUT2D eigenvalue weighted by atomic mass is 16.2. The monoisotopic (exact) mass is 377 g/mol. The van der Waals surface area contributed by atoms with Crippen LogP contribution in [0.2, 0.25) is 0 Å². The Balaban J connectivity index is 1.26. The average molecular weight is 377 g/mol. The van der Waals surface area contributed by atoms with Crippen LogP contribution in [0.25, 0.3) is 0 Å². The highest BCUT2D eigenvalue weighted by Crippen LogP contribution is 2.35. The second-order valence-corrected chi connectivity index (χ2v) is 8.02. The molecule has 1 aromatic carbocycles. The molecule has 2 aliphatic rings. The Morgan fingerprint density at radius 2 is 2.04 bits per heavy atom. The number of likely N-dealkylation sites (tertiary alicyclic amines) is 1. The predicted octanol–water partition coefficient (Wildman–Crippen LogP) is 2.77. The summed E-state index contributed by atoms with van der Waals surface area (Å²) in [5.74, 6) is 0.528. The predicted molar refractivity (Wildman–Crippen MR) is 108 cm³/mol. The van der Waals surface area contributed by atoms with E-state index in [1.807, 2.05) is 24.0 Å². The van der Waals surface area contributed by atoms with Crippen molar-refractivity contribution in [3.8, 4) is 0 Å². The smallest absolute Gasteiger partial charge is 0.227 e. The highest BCUT2D eigenvalue weighted by molar-refractivity contribution is 5.80. The number of aryl methyl sites for hydroxylation is 2. The normalized spacial score (nSPS) is 20.8. The summed E-state index contributed by atoms with van der Waals surface area (Å²) in [5.41, 5.74) is 4.59. The molecule has 28 heavy (non-hydrogen) atoms. The van der Waals surface area contributed by atoms with Gasteiger partial charge in [-0.05, 0) is 54.9 Å². The first-order chi connectivity index (χ1) is 13.6. The minimum Gasteiger partial charge on any atom is -0.352 e. The quantitative estimate of drug-likeness (QED) is 0.872. The number of aromatic nitrogens is 1. The molecule has 0 spiro atoms. The Kier molecular flexibility index (Phi) is 5.42. The minimum absolute atomic E-state index is 0.0595. The average Bonchev–Trinajstić information content (AvgIpc) is 3.31. The molecule has 5 heteroatoms. The van der Waals surface area contributed by atoms with Crippen LogP contribution in [-0.2, 0) is 22.4 Å². The standard InChI is InChI=1S/C23H27N3O2/c1-16-6-7-17(14-24-16)12-23(28)26-11-10-20(15-26)25-22(27)13-19-9-8-18-4-2-3-5-21(18)19/h2-7,14,19-20H,8-13,15H2,1H3,(H,25,27)/t19?,20-/m1/s1. The number of benzene rings is 1. The highest BCUT2D eigenvalue weighted by Gasteiger charge is 2.29. The number of fused-ring (bicyclic) bond motifs is 1. The molecule has 1 fully saturated rings. The summed E-state index contributed by atoms with van der Waals surface area (Å²) < 4.78 is 0. The Morgan fingerprint density at radius 1 is 1.18 bits per heavy atom. The third kappa shape index (κ3) is 4.24. The van der Waals surface area contributed by atoms with Crippen LogP contribution in [-0.4, -0.2) is 40.8 Å². The molecule has 2 heterocycles. The van der Waals surface area contributed by atoms with E-state index in [0.717, 1.165) is 30.5 Å². The van der Waals surface area contributed by atoms with Gasteiger partial charge in [-0.1, -0.05) is 30.3 Å². The van der Waals surface area contributed by atoms with Crippen molar-refractivity contribution < 1.29 is 9.59 Å². The van der Waals surface area contributed by atoms with Gasteiger partial charge in [0.1, 0.15) is 0 Å². The lowest BCUT2D eigenvalue weighted by atomic mass is 9.97. The molecule has 1 saturated heterocycles. The minimum atomic E-state index is 0.0595. The number of carbonyl (C=O) groups is 2. The molecule has 5 nitrogen and oxygen atoms in total. The molecule has 0 radical (unpaired) electrons. The van der Waals surface area contributed by atoms with Crippen molar-refractivity contribution in [1.29, 1.82) is 0 Å². The zero-order valence-corrected chi connectivity index (χ0v) is 16.4. The van der Waals surface area contributed by atoms with Crippen LogP contribution in [0, 0.1) is 6.92 Å². The molecule has 1 aliphatic carbocycles. The van der Waals surface area contributed by atoms with Crippen LogP contribution in [0.4, 0.5) is 0 Å². The number of nitrogens with one attached hydrogen (secondary N) is 1. The first-order valence-electron chi connectivity index (χ1n) is 10.1. The lowest BCUT2D eigenvalue weighted by Crippen LogP contribution is -2.39. The first kappa shape index (κ1) is 18.7. The summed E-state index contributed by atoms with van der Waals surface area (Å²) in [5, 5.41) is 3.15. The van der Waals surface area contributed by atoms with Gasteiger partial charge in [0, 0.05) is 37.4 Å². The van der Waals surface area contributed by atoms with Gasteiger partial charge in [-0.25, -0.2) is 0 Å². The van der Waals surface area contributed by atoms with E-state index in [-0.39, 0.29) is 17.9 Å². The second kappa shape index (κ2) is 8.13. The fourth-order valence-corrected chi connectivity index (χ4v) is 4.36. The van der Waals surface area contributed by atoms with Crippen molar-refractivity contribution in [3.63, 3.8) is 0 Å². The number of rotatable bonds is 5. The van der Waals surface area contributed by atoms with Crippen molar-refractivity contribution in [2.45, 2.75) is 51.0 Å². The third-order valence-corrected chi connectivity index (χ3v) is 5.92. The van der Waals surface area contributed by atoms with Gasteiger partial charge in [0.2, 0.25) is 11.8 Å². The maximum atomic E-state index is 12.5. The number of pyridine rings is 1. The van der Waals surface area contributed by atoms with Gasteiger partial charge >= 0.3 is 0 Å². The molecule has 2 amide bonds. The van der Waals surface area contributed by atoms with Crippen molar-refractivity contribution in [3.05, 3.63) is 65.0 Å². The van der Waals surface area contributed by atoms with E-state index in [9.17, 15) is 9.59 Å². The molecule has 0 bridgehead atoms. The van der Waals surface area contributed by atoms with Crippen LogP contribution in [0.5, 0.6) is 0 Å². The van der Waals surface area contributed by atoms with Crippen LogP contribution in [0.1, 0.15) is 47.6 Å². The largest absolute Gasteiger partial charge is 0.352 e. The van der Waals surface area contributed by atoms with E-state index >= 15 is 0 Å². The molecule has 2 aromatic rings. The summed E-state index contributed by atoms with van der Waals surface area (Å²) >= 11 is 0. The molecule has 146 valence electrons. The van der Waals surface area contributed by atoms with Gasteiger partial charge < -0.3 is 10.2 Å². The summed E-state index contributed by atoms with van der Waals surface area (Å²) in [6.07, 6.45) is 5.61. The molecule has 2 atom stereocenters. The number of carbonyl (C=O) groups excluding carboxylic acids is 2. The summed E-state index contributed by atoms with van der Waals surface area (Å²) in [6.45, 7) is 3.24. The van der Waals surface area contributed by atoms with Crippen LogP contribution < -0.4 is 5.32 Å². The van der Waals surface area contributed by atoms with Gasteiger partial charge in [0.25, 0.3) is 0 Å². The van der Waals surface area contributed by atoms with E-state index in [0.29, 0.717) is 31.8 Å². The summed E-state index contributed by atoms with van der Waals surface area (Å²) in [6, 6.07) is 12.4. The molecular weight excluding hydrogens is 350 g/mol. The maximum Gasteiger partial charge on any atom is 0.227 e. The van der Waals surface area contributed by atoms with Gasteiger partial charge in [0.05, 0.1) is 6.42 Å². The maximum absolute atomic E-state index is 12.5. The Labute approximate surface area is 166 Å².